The Hall–Kier alpha value is -3.69. The highest BCUT2D eigenvalue weighted by Crippen LogP contribution is 2.54. The molecule has 1 aliphatic heterocycles. The zero-order chi connectivity index (χ0) is 22.0. The quantitative estimate of drug-likeness (QED) is 0.479. The highest BCUT2D eigenvalue weighted by Gasteiger charge is 2.55. The third kappa shape index (κ3) is 2.97. The monoisotopic (exact) mass is 438 g/mol. The number of benzene rings is 1. The van der Waals surface area contributed by atoms with Gasteiger partial charge < -0.3 is 9.88 Å². The Bertz CT molecular complexity index is 1320. The number of β-lactam (4-membered cyclic amide) rings is 1. The molecule has 4 heterocycles. The molecule has 1 saturated heterocycles. The summed E-state index contributed by atoms with van der Waals surface area (Å²) in [5.74, 6) is 0.351. The van der Waals surface area contributed by atoms with E-state index in [-0.39, 0.29) is 28.1 Å². The van der Waals surface area contributed by atoms with Crippen molar-refractivity contribution in [2.24, 2.45) is 11.8 Å². The summed E-state index contributed by atoms with van der Waals surface area (Å²) in [5, 5.41) is 3.37. The van der Waals surface area contributed by atoms with Crippen LogP contribution in [0.25, 0.3) is 22.3 Å². The highest BCUT2D eigenvalue weighted by molar-refractivity contribution is 6.04. The third-order valence-corrected chi connectivity index (χ3v) is 6.22. The molecule has 1 amide bonds. The summed E-state index contributed by atoms with van der Waals surface area (Å²) in [6, 6.07) is 9.01. The molecule has 1 saturated carbocycles. The number of carbonyl (C=O) groups is 1. The van der Waals surface area contributed by atoms with Gasteiger partial charge in [0.1, 0.15) is 0 Å². The fraction of sp³-hybridized carbons (Fsp3) is 0.273. The number of aromatic nitrogens is 5. The van der Waals surface area contributed by atoms with Gasteiger partial charge in [-0.05, 0) is 48.6 Å². The van der Waals surface area contributed by atoms with Crippen molar-refractivity contribution < 1.29 is 18.0 Å². The minimum atomic E-state index is -4.57. The second-order valence-corrected chi connectivity index (χ2v) is 8.24. The average molecular weight is 438 g/mol. The smallest absolute Gasteiger partial charge is 0.345 e. The number of hydrogen-bond donors (Lipinski definition) is 1. The first-order valence-electron chi connectivity index (χ1n) is 10.2. The van der Waals surface area contributed by atoms with Gasteiger partial charge in [-0.15, -0.1) is 13.2 Å². The predicted octanol–water partition coefficient (Wildman–Crippen LogP) is 4.41. The van der Waals surface area contributed by atoms with Crippen molar-refractivity contribution in [2.75, 3.05) is 4.90 Å². The number of hydrogen-bond acceptors (Lipinski definition) is 4. The molecular weight excluding hydrogens is 421 g/mol. The minimum Gasteiger partial charge on any atom is -0.345 e. The van der Waals surface area contributed by atoms with Crippen molar-refractivity contribution in [3.05, 3.63) is 60.8 Å². The standard InChI is InChI=1S/C22H17F3N6O/c23-22(24,25)30-10-14(9-29-30)16-5-3-13(8-26-16)20-19(12-1-2-12)21(32)31(20)15-4-6-17-18(7-15)28-11-27-17/h3-12,19-20H,1-2H2,(H,27,28)/t19?,20-/m0/s1. The van der Waals surface area contributed by atoms with E-state index in [0.29, 0.717) is 11.6 Å². The molecule has 3 aromatic heterocycles. The van der Waals surface area contributed by atoms with Gasteiger partial charge in [0, 0.05) is 23.6 Å². The molecule has 10 heteroatoms. The maximum Gasteiger partial charge on any atom is 0.504 e. The van der Waals surface area contributed by atoms with Crippen LogP contribution in [0.4, 0.5) is 18.9 Å². The van der Waals surface area contributed by atoms with Crippen LogP contribution in [-0.4, -0.2) is 30.6 Å². The average Bonchev–Trinajstić information content (AvgIpc) is 3.26. The number of halogens is 3. The third-order valence-electron chi connectivity index (χ3n) is 6.22. The number of imidazole rings is 1. The number of nitrogens with zero attached hydrogens (tertiary/aromatic N) is 5. The predicted molar refractivity (Wildman–Crippen MR) is 109 cm³/mol. The van der Waals surface area contributed by atoms with Crippen LogP contribution in [0, 0.1) is 11.8 Å². The van der Waals surface area contributed by atoms with E-state index in [1.807, 2.05) is 24.3 Å². The molecule has 1 aromatic carbocycles. The minimum absolute atomic E-state index is 0.0427. The van der Waals surface area contributed by atoms with Crippen molar-refractivity contribution in [3.63, 3.8) is 0 Å². The van der Waals surface area contributed by atoms with E-state index in [2.05, 4.69) is 20.1 Å². The Morgan fingerprint density at radius 3 is 2.59 bits per heavy atom. The molecule has 2 atom stereocenters. The van der Waals surface area contributed by atoms with Crippen LogP contribution < -0.4 is 4.90 Å². The van der Waals surface area contributed by atoms with E-state index in [1.165, 1.54) is 0 Å². The summed E-state index contributed by atoms with van der Waals surface area (Å²) < 4.78 is 38.4. The fourth-order valence-corrected chi connectivity index (χ4v) is 4.49. The molecule has 1 unspecified atom stereocenters. The topological polar surface area (TPSA) is 79.7 Å². The van der Waals surface area contributed by atoms with Gasteiger partial charge >= 0.3 is 6.30 Å². The van der Waals surface area contributed by atoms with Crippen molar-refractivity contribution in [3.8, 4) is 11.3 Å². The molecule has 162 valence electrons. The Kier molecular flexibility index (Phi) is 3.96. The lowest BCUT2D eigenvalue weighted by atomic mass is 9.79. The lowest BCUT2D eigenvalue weighted by Crippen LogP contribution is -2.56. The van der Waals surface area contributed by atoms with Crippen LogP contribution in [0.1, 0.15) is 24.4 Å². The van der Waals surface area contributed by atoms with E-state index in [4.69, 9.17) is 0 Å². The number of fused-ring (bicyclic) bond motifs is 1. The van der Waals surface area contributed by atoms with Gasteiger partial charge in [0.25, 0.3) is 0 Å². The van der Waals surface area contributed by atoms with Crippen molar-refractivity contribution in [2.45, 2.75) is 25.2 Å². The Morgan fingerprint density at radius 2 is 1.91 bits per heavy atom. The van der Waals surface area contributed by atoms with Crippen LogP contribution in [0.15, 0.2) is 55.2 Å². The first kappa shape index (κ1) is 19.0. The van der Waals surface area contributed by atoms with E-state index >= 15 is 0 Å². The fourth-order valence-electron chi connectivity index (χ4n) is 4.49. The second-order valence-electron chi connectivity index (χ2n) is 8.24. The van der Waals surface area contributed by atoms with E-state index < -0.39 is 6.30 Å². The van der Waals surface area contributed by atoms with E-state index in [0.717, 1.165) is 47.5 Å². The molecule has 6 rings (SSSR count). The Labute approximate surface area is 179 Å². The number of amides is 1. The van der Waals surface area contributed by atoms with Gasteiger partial charge in [-0.2, -0.15) is 9.78 Å². The van der Waals surface area contributed by atoms with E-state index in [9.17, 15) is 18.0 Å². The molecule has 32 heavy (non-hydrogen) atoms. The Balaban J connectivity index is 1.33. The molecule has 4 aromatic rings. The summed E-state index contributed by atoms with van der Waals surface area (Å²) in [6.45, 7) is 0. The number of aromatic amines is 1. The van der Waals surface area contributed by atoms with Gasteiger partial charge in [-0.1, -0.05) is 6.07 Å². The molecule has 0 bridgehead atoms. The number of H-pyrrole nitrogens is 1. The van der Waals surface area contributed by atoms with Gasteiger partial charge in [0.05, 0.1) is 41.2 Å². The summed E-state index contributed by atoms with van der Waals surface area (Å²) in [6.07, 6.45) is 2.80. The van der Waals surface area contributed by atoms with Gasteiger partial charge in [0.2, 0.25) is 5.91 Å². The summed E-state index contributed by atoms with van der Waals surface area (Å²) in [5.41, 5.74) is 3.98. The first-order valence-corrected chi connectivity index (χ1v) is 10.2. The molecule has 1 aliphatic carbocycles. The van der Waals surface area contributed by atoms with Crippen LogP contribution in [0.3, 0.4) is 0 Å². The first-order chi connectivity index (χ1) is 15.4. The Morgan fingerprint density at radius 1 is 1.06 bits per heavy atom. The molecule has 0 spiro atoms. The van der Waals surface area contributed by atoms with Crippen LogP contribution in [0.5, 0.6) is 0 Å². The van der Waals surface area contributed by atoms with Crippen molar-refractivity contribution in [1.82, 2.24) is 24.7 Å². The lowest BCUT2D eigenvalue weighted by Gasteiger charge is -2.47. The number of alkyl halides is 3. The summed E-state index contributed by atoms with van der Waals surface area (Å²) in [4.78, 5) is 26.5. The zero-order valence-electron chi connectivity index (χ0n) is 16.6. The maximum absolute atomic E-state index is 13.0. The number of rotatable bonds is 4. The van der Waals surface area contributed by atoms with Crippen LogP contribution in [0.2, 0.25) is 0 Å². The maximum atomic E-state index is 13.0. The number of nitrogens with one attached hydrogen (secondary N) is 1. The SMILES string of the molecule is O=C1C(C2CC2)[C@H](c2ccc(-c3cnn(C(F)(F)F)c3)nc2)N1c1ccc2nc[nH]c2c1. The van der Waals surface area contributed by atoms with Gasteiger partial charge in [-0.3, -0.25) is 9.78 Å². The van der Waals surface area contributed by atoms with Crippen molar-refractivity contribution in [1.29, 1.82) is 0 Å². The summed E-state index contributed by atoms with van der Waals surface area (Å²) in [7, 11) is 0. The van der Waals surface area contributed by atoms with Gasteiger partial charge in [0.15, 0.2) is 0 Å². The summed E-state index contributed by atoms with van der Waals surface area (Å²) >= 11 is 0. The highest BCUT2D eigenvalue weighted by atomic mass is 19.4. The molecular formula is C22H17F3N6O. The molecule has 1 N–H and O–H groups in total. The van der Waals surface area contributed by atoms with E-state index in [1.54, 1.807) is 23.5 Å². The largest absolute Gasteiger partial charge is 0.504 e. The molecule has 7 nitrogen and oxygen atoms in total. The molecule has 2 aliphatic rings. The zero-order valence-corrected chi connectivity index (χ0v) is 16.6. The number of anilines is 1. The van der Waals surface area contributed by atoms with Crippen LogP contribution >= 0.6 is 0 Å². The van der Waals surface area contributed by atoms with Crippen molar-refractivity contribution >= 4 is 22.6 Å². The molecule has 0 radical (unpaired) electrons. The lowest BCUT2D eigenvalue weighted by molar-refractivity contribution is -0.212. The van der Waals surface area contributed by atoms with Gasteiger partial charge in [-0.25, -0.2) is 4.98 Å². The number of carbonyl (C=O) groups excluding carboxylic acids is 1. The molecule has 2 fully saturated rings. The normalized spacial score (nSPS) is 21.2. The number of pyridine rings is 1. The second kappa shape index (κ2) is 6.65. The van der Waals surface area contributed by atoms with Crippen LogP contribution in [-0.2, 0) is 11.1 Å².